The summed E-state index contributed by atoms with van der Waals surface area (Å²) in [5.41, 5.74) is 4.95. The Balaban J connectivity index is 1.75. The Hall–Kier alpha value is -1.30. The third-order valence-electron chi connectivity index (χ3n) is 3.93. The molecule has 20 heavy (non-hydrogen) atoms. The minimum absolute atomic E-state index is 0.123. The number of likely N-dealkylation sites (tertiary alicyclic amines) is 1. The fraction of sp³-hybridized carbons (Fsp3) is 0.857. The highest BCUT2D eigenvalue weighted by atomic mass is 16.6. The van der Waals surface area contributed by atoms with Crippen LogP contribution < -0.4 is 11.1 Å². The first-order valence-electron chi connectivity index (χ1n) is 7.31. The average molecular weight is 283 g/mol. The van der Waals surface area contributed by atoms with Crippen LogP contribution in [0.1, 0.15) is 46.5 Å². The number of alkyl carbamates (subject to hydrolysis) is 1. The van der Waals surface area contributed by atoms with Gasteiger partial charge in [-0.2, -0.15) is 0 Å². The molecule has 2 amide bonds. The molecule has 0 unspecified atom stereocenters. The van der Waals surface area contributed by atoms with Crippen LogP contribution in [0.2, 0.25) is 0 Å². The predicted octanol–water partition coefficient (Wildman–Crippen LogP) is 0.992. The Kier molecular flexibility index (Phi) is 4.22. The van der Waals surface area contributed by atoms with Gasteiger partial charge in [0.05, 0.1) is 6.04 Å². The van der Waals surface area contributed by atoms with E-state index in [0.29, 0.717) is 6.04 Å². The van der Waals surface area contributed by atoms with E-state index in [2.05, 4.69) is 10.2 Å². The third-order valence-corrected chi connectivity index (χ3v) is 3.93. The molecular weight excluding hydrogens is 258 g/mol. The second-order valence-corrected chi connectivity index (χ2v) is 6.77. The number of hydrogen-bond donors (Lipinski definition) is 2. The van der Waals surface area contributed by atoms with Crippen molar-refractivity contribution >= 4 is 12.0 Å². The monoisotopic (exact) mass is 283 g/mol. The summed E-state index contributed by atoms with van der Waals surface area (Å²) in [6.45, 7) is 6.46. The van der Waals surface area contributed by atoms with Gasteiger partial charge in [0.15, 0.2) is 0 Å². The van der Waals surface area contributed by atoms with Gasteiger partial charge in [0.1, 0.15) is 5.60 Å². The van der Waals surface area contributed by atoms with Crippen LogP contribution in [-0.4, -0.2) is 47.2 Å². The Bertz CT molecular complexity index is 386. The van der Waals surface area contributed by atoms with Gasteiger partial charge in [0.25, 0.3) is 0 Å². The highest BCUT2D eigenvalue weighted by Gasteiger charge is 2.41. The van der Waals surface area contributed by atoms with Gasteiger partial charge in [-0.25, -0.2) is 4.79 Å². The third kappa shape index (κ3) is 3.62. The van der Waals surface area contributed by atoms with E-state index in [1.165, 1.54) is 0 Å². The molecule has 0 aromatic heterocycles. The number of carbonyl (C=O) groups excluding carboxylic acids is 2. The summed E-state index contributed by atoms with van der Waals surface area (Å²) in [6.07, 6.45) is 3.24. The van der Waals surface area contributed by atoms with Crippen molar-refractivity contribution in [3.8, 4) is 0 Å². The molecule has 2 fully saturated rings. The van der Waals surface area contributed by atoms with Crippen LogP contribution >= 0.6 is 0 Å². The van der Waals surface area contributed by atoms with E-state index in [4.69, 9.17) is 10.5 Å². The van der Waals surface area contributed by atoms with E-state index in [-0.39, 0.29) is 24.1 Å². The van der Waals surface area contributed by atoms with Gasteiger partial charge in [-0.15, -0.1) is 0 Å². The highest BCUT2D eigenvalue weighted by molar-refractivity contribution is 5.80. The quantitative estimate of drug-likeness (QED) is 0.809. The van der Waals surface area contributed by atoms with Crippen molar-refractivity contribution in [2.45, 2.75) is 70.2 Å². The zero-order valence-corrected chi connectivity index (χ0v) is 12.5. The number of amides is 2. The number of rotatable bonds is 3. The molecule has 1 saturated carbocycles. The molecule has 6 nitrogen and oxygen atoms in total. The van der Waals surface area contributed by atoms with E-state index < -0.39 is 5.60 Å². The molecule has 2 aliphatic rings. The van der Waals surface area contributed by atoms with E-state index >= 15 is 0 Å². The van der Waals surface area contributed by atoms with Crippen LogP contribution in [0.4, 0.5) is 4.79 Å². The lowest BCUT2D eigenvalue weighted by atomic mass is 9.85. The smallest absolute Gasteiger partial charge is 0.407 e. The maximum absolute atomic E-state index is 11.6. The zero-order chi connectivity index (χ0) is 14.9. The molecule has 1 heterocycles. The standard InChI is InChI=1S/C14H25N3O3/c1-14(2,3)20-13(19)16-9-7-10(8-9)17-6-4-5-11(17)12(15)18/h9-11H,4-8H2,1-3H3,(H2,15,18)(H,16,19)/t9?,10?,11-/m0/s1. The minimum Gasteiger partial charge on any atom is -0.444 e. The summed E-state index contributed by atoms with van der Waals surface area (Å²) in [5.74, 6) is -0.231. The van der Waals surface area contributed by atoms with Crippen molar-refractivity contribution in [2.24, 2.45) is 5.73 Å². The van der Waals surface area contributed by atoms with Gasteiger partial charge >= 0.3 is 6.09 Å². The Morgan fingerprint density at radius 1 is 1.30 bits per heavy atom. The molecule has 0 radical (unpaired) electrons. The van der Waals surface area contributed by atoms with Crippen LogP contribution in [0.3, 0.4) is 0 Å². The summed E-state index contributed by atoms with van der Waals surface area (Å²) in [7, 11) is 0. The first-order valence-corrected chi connectivity index (χ1v) is 7.31. The molecule has 6 heteroatoms. The first kappa shape index (κ1) is 15.1. The second kappa shape index (κ2) is 5.60. The molecule has 0 spiro atoms. The molecular formula is C14H25N3O3. The summed E-state index contributed by atoms with van der Waals surface area (Å²) in [6, 6.07) is 0.376. The van der Waals surface area contributed by atoms with Crippen molar-refractivity contribution < 1.29 is 14.3 Å². The van der Waals surface area contributed by atoms with Crippen LogP contribution in [0, 0.1) is 0 Å². The van der Waals surface area contributed by atoms with Crippen LogP contribution in [0.5, 0.6) is 0 Å². The molecule has 3 N–H and O–H groups in total. The van der Waals surface area contributed by atoms with Gasteiger partial charge in [-0.05, 0) is 53.0 Å². The number of primary amides is 1. The van der Waals surface area contributed by atoms with Crippen LogP contribution in [0.15, 0.2) is 0 Å². The summed E-state index contributed by atoms with van der Waals surface area (Å²) < 4.78 is 5.23. The SMILES string of the molecule is CC(C)(C)OC(=O)NC1CC(N2CCC[C@H]2C(N)=O)C1. The Morgan fingerprint density at radius 3 is 2.50 bits per heavy atom. The van der Waals surface area contributed by atoms with Gasteiger partial charge in [-0.3, -0.25) is 9.69 Å². The van der Waals surface area contributed by atoms with Crippen LogP contribution in [-0.2, 0) is 9.53 Å². The van der Waals surface area contributed by atoms with E-state index in [1.807, 2.05) is 20.8 Å². The molecule has 114 valence electrons. The van der Waals surface area contributed by atoms with E-state index in [1.54, 1.807) is 0 Å². The van der Waals surface area contributed by atoms with E-state index in [9.17, 15) is 9.59 Å². The minimum atomic E-state index is -0.473. The maximum Gasteiger partial charge on any atom is 0.407 e. The Labute approximate surface area is 120 Å². The van der Waals surface area contributed by atoms with Gasteiger partial charge in [0, 0.05) is 12.1 Å². The van der Waals surface area contributed by atoms with Gasteiger partial charge in [-0.1, -0.05) is 0 Å². The number of ether oxygens (including phenoxy) is 1. The van der Waals surface area contributed by atoms with Gasteiger partial charge < -0.3 is 15.8 Å². The fourth-order valence-corrected chi connectivity index (χ4v) is 2.98. The largest absolute Gasteiger partial charge is 0.444 e. The summed E-state index contributed by atoms with van der Waals surface area (Å²) in [5, 5.41) is 2.87. The topological polar surface area (TPSA) is 84.7 Å². The van der Waals surface area contributed by atoms with Crippen molar-refractivity contribution in [1.82, 2.24) is 10.2 Å². The number of carbonyl (C=O) groups is 2. The normalized spacial score (nSPS) is 30.6. The number of nitrogens with zero attached hydrogens (tertiary/aromatic N) is 1. The summed E-state index contributed by atoms with van der Waals surface area (Å²) >= 11 is 0. The lowest BCUT2D eigenvalue weighted by Gasteiger charge is -2.43. The number of nitrogens with two attached hydrogens (primary N) is 1. The molecule has 0 aromatic carbocycles. The van der Waals surface area contributed by atoms with Crippen molar-refractivity contribution in [1.29, 1.82) is 0 Å². The number of nitrogens with one attached hydrogen (secondary N) is 1. The highest BCUT2D eigenvalue weighted by Crippen LogP contribution is 2.31. The second-order valence-electron chi connectivity index (χ2n) is 6.77. The molecule has 0 aromatic rings. The zero-order valence-electron chi connectivity index (χ0n) is 12.5. The Morgan fingerprint density at radius 2 is 1.95 bits per heavy atom. The lowest BCUT2D eigenvalue weighted by molar-refractivity contribution is -0.123. The molecule has 1 saturated heterocycles. The predicted molar refractivity (Wildman–Crippen MR) is 75.1 cm³/mol. The maximum atomic E-state index is 11.6. The molecule has 1 aliphatic carbocycles. The van der Waals surface area contributed by atoms with Crippen LogP contribution in [0.25, 0.3) is 0 Å². The van der Waals surface area contributed by atoms with Crippen molar-refractivity contribution in [3.05, 3.63) is 0 Å². The summed E-state index contributed by atoms with van der Waals surface area (Å²) in [4.78, 5) is 25.2. The van der Waals surface area contributed by atoms with Gasteiger partial charge in [0.2, 0.25) is 5.91 Å². The average Bonchev–Trinajstić information content (AvgIpc) is 2.68. The van der Waals surface area contributed by atoms with Crippen molar-refractivity contribution in [3.63, 3.8) is 0 Å². The number of hydrogen-bond acceptors (Lipinski definition) is 4. The molecule has 2 rings (SSSR count). The lowest BCUT2D eigenvalue weighted by Crippen LogP contribution is -2.57. The van der Waals surface area contributed by atoms with E-state index in [0.717, 1.165) is 32.2 Å². The first-order chi connectivity index (χ1) is 9.26. The molecule has 1 atom stereocenters. The molecule has 0 bridgehead atoms. The fourth-order valence-electron chi connectivity index (χ4n) is 2.98. The molecule has 1 aliphatic heterocycles. The van der Waals surface area contributed by atoms with Crippen molar-refractivity contribution in [2.75, 3.05) is 6.54 Å².